The third-order valence-electron chi connectivity index (χ3n) is 2.64. The molecular weight excluding hydrogens is 284 g/mol. The van der Waals surface area contributed by atoms with E-state index in [0.29, 0.717) is 25.6 Å². The van der Waals surface area contributed by atoms with Crippen molar-refractivity contribution in [2.24, 2.45) is 0 Å². The van der Waals surface area contributed by atoms with Crippen LogP contribution in [-0.4, -0.2) is 48.0 Å². The SMILES string of the molecule is CCN(CCCNc1nc(C(C)C)ns1)S(C)(=O)=O. The minimum Gasteiger partial charge on any atom is -0.360 e. The Bertz CT molecular complexity index is 485. The predicted molar refractivity (Wildman–Crippen MR) is 79.2 cm³/mol. The molecule has 1 rings (SSSR count). The summed E-state index contributed by atoms with van der Waals surface area (Å²) in [4.78, 5) is 4.36. The van der Waals surface area contributed by atoms with Crippen LogP contribution in [0.25, 0.3) is 0 Å². The quantitative estimate of drug-likeness (QED) is 0.741. The Morgan fingerprint density at radius 2 is 2.11 bits per heavy atom. The smallest absolute Gasteiger partial charge is 0.211 e. The van der Waals surface area contributed by atoms with Crippen LogP contribution < -0.4 is 5.32 Å². The number of anilines is 1. The lowest BCUT2D eigenvalue weighted by Crippen LogP contribution is -2.31. The molecule has 0 unspecified atom stereocenters. The Morgan fingerprint density at radius 3 is 2.58 bits per heavy atom. The van der Waals surface area contributed by atoms with E-state index in [1.807, 2.05) is 6.92 Å². The number of rotatable bonds is 8. The van der Waals surface area contributed by atoms with E-state index in [1.54, 1.807) is 0 Å². The first-order chi connectivity index (χ1) is 8.84. The van der Waals surface area contributed by atoms with E-state index >= 15 is 0 Å². The van der Waals surface area contributed by atoms with Crippen LogP contribution in [0, 0.1) is 0 Å². The van der Waals surface area contributed by atoms with Crippen molar-refractivity contribution in [1.29, 1.82) is 0 Å². The topological polar surface area (TPSA) is 75.2 Å². The lowest BCUT2D eigenvalue weighted by Gasteiger charge is -2.17. The summed E-state index contributed by atoms with van der Waals surface area (Å²) in [7, 11) is -3.09. The fourth-order valence-electron chi connectivity index (χ4n) is 1.55. The minimum absolute atomic E-state index is 0.326. The molecule has 19 heavy (non-hydrogen) atoms. The van der Waals surface area contributed by atoms with Gasteiger partial charge in [0.2, 0.25) is 15.2 Å². The zero-order valence-electron chi connectivity index (χ0n) is 11.9. The van der Waals surface area contributed by atoms with E-state index in [9.17, 15) is 8.42 Å². The first-order valence-corrected chi connectivity index (χ1v) is 8.99. The van der Waals surface area contributed by atoms with Crippen molar-refractivity contribution in [3.63, 3.8) is 0 Å². The van der Waals surface area contributed by atoms with Crippen LogP contribution in [-0.2, 0) is 10.0 Å². The lowest BCUT2D eigenvalue weighted by atomic mass is 10.2. The number of nitrogens with one attached hydrogen (secondary N) is 1. The molecule has 0 spiro atoms. The summed E-state index contributed by atoms with van der Waals surface area (Å²) in [6.07, 6.45) is 1.99. The number of hydrogen-bond acceptors (Lipinski definition) is 6. The molecule has 0 aromatic carbocycles. The Balaban J connectivity index is 2.34. The first kappa shape index (κ1) is 16.3. The Kier molecular flexibility index (Phi) is 6.15. The normalized spacial score (nSPS) is 12.3. The van der Waals surface area contributed by atoms with Crippen LogP contribution in [0.4, 0.5) is 5.13 Å². The molecule has 8 heteroatoms. The third kappa shape index (κ3) is 5.42. The van der Waals surface area contributed by atoms with Crippen molar-refractivity contribution in [3.8, 4) is 0 Å². The molecule has 6 nitrogen and oxygen atoms in total. The fraction of sp³-hybridized carbons (Fsp3) is 0.818. The van der Waals surface area contributed by atoms with Crippen LogP contribution in [0.2, 0.25) is 0 Å². The molecule has 0 saturated carbocycles. The number of sulfonamides is 1. The number of hydrogen-bond donors (Lipinski definition) is 1. The van der Waals surface area contributed by atoms with Gasteiger partial charge in [0.1, 0.15) is 5.82 Å². The Morgan fingerprint density at radius 1 is 1.42 bits per heavy atom. The summed E-state index contributed by atoms with van der Waals surface area (Å²) >= 11 is 1.34. The maximum absolute atomic E-state index is 11.4. The van der Waals surface area contributed by atoms with E-state index in [4.69, 9.17) is 0 Å². The second-order valence-corrected chi connectivity index (χ2v) is 7.38. The van der Waals surface area contributed by atoms with Crippen molar-refractivity contribution in [2.45, 2.75) is 33.1 Å². The Labute approximate surface area is 119 Å². The van der Waals surface area contributed by atoms with Gasteiger partial charge in [-0.05, 0) is 6.42 Å². The molecule has 1 aromatic heterocycles. The highest BCUT2D eigenvalue weighted by Gasteiger charge is 2.13. The second kappa shape index (κ2) is 7.16. The van der Waals surface area contributed by atoms with Gasteiger partial charge in [-0.2, -0.15) is 4.37 Å². The summed E-state index contributed by atoms with van der Waals surface area (Å²) < 4.78 is 28.5. The lowest BCUT2D eigenvalue weighted by molar-refractivity contribution is 0.429. The molecule has 1 aromatic rings. The van der Waals surface area contributed by atoms with Crippen LogP contribution in [0.15, 0.2) is 0 Å². The van der Waals surface area contributed by atoms with Crippen LogP contribution in [0.5, 0.6) is 0 Å². The van der Waals surface area contributed by atoms with Crippen LogP contribution in [0.1, 0.15) is 38.9 Å². The third-order valence-corrected chi connectivity index (χ3v) is 4.71. The molecule has 0 aliphatic carbocycles. The van der Waals surface area contributed by atoms with Crippen LogP contribution in [0.3, 0.4) is 0 Å². The molecule has 0 radical (unpaired) electrons. The van der Waals surface area contributed by atoms with Crippen molar-refractivity contribution < 1.29 is 8.42 Å². The zero-order valence-corrected chi connectivity index (χ0v) is 13.5. The van der Waals surface area contributed by atoms with E-state index < -0.39 is 10.0 Å². The molecule has 0 bridgehead atoms. The molecule has 0 saturated heterocycles. The minimum atomic E-state index is -3.09. The van der Waals surface area contributed by atoms with Crippen molar-refractivity contribution in [1.82, 2.24) is 13.7 Å². The summed E-state index contributed by atoms with van der Waals surface area (Å²) in [5, 5.41) is 3.97. The summed E-state index contributed by atoms with van der Waals surface area (Å²) in [6, 6.07) is 0. The molecule has 1 heterocycles. The molecule has 0 atom stereocenters. The second-order valence-electron chi connectivity index (χ2n) is 4.65. The van der Waals surface area contributed by atoms with Crippen molar-refractivity contribution >= 4 is 26.7 Å². The van der Waals surface area contributed by atoms with E-state index in [2.05, 4.69) is 28.5 Å². The van der Waals surface area contributed by atoms with Gasteiger partial charge in [0.05, 0.1) is 6.26 Å². The summed E-state index contributed by atoms with van der Waals surface area (Å²) in [5.41, 5.74) is 0. The van der Waals surface area contributed by atoms with E-state index in [0.717, 1.165) is 17.4 Å². The number of aromatic nitrogens is 2. The molecule has 1 N–H and O–H groups in total. The Hall–Kier alpha value is -0.730. The predicted octanol–water partition coefficient (Wildman–Crippen LogP) is 1.74. The van der Waals surface area contributed by atoms with Gasteiger partial charge in [-0.3, -0.25) is 0 Å². The average molecular weight is 306 g/mol. The molecule has 0 aliphatic rings. The van der Waals surface area contributed by atoms with Gasteiger partial charge in [0.15, 0.2) is 0 Å². The maximum Gasteiger partial charge on any atom is 0.211 e. The highest BCUT2D eigenvalue weighted by Crippen LogP contribution is 2.17. The van der Waals surface area contributed by atoms with Crippen molar-refractivity contribution in [2.75, 3.05) is 31.2 Å². The van der Waals surface area contributed by atoms with Gasteiger partial charge >= 0.3 is 0 Å². The van der Waals surface area contributed by atoms with Gasteiger partial charge in [-0.25, -0.2) is 17.7 Å². The van der Waals surface area contributed by atoms with Gasteiger partial charge in [-0.1, -0.05) is 20.8 Å². The summed E-state index contributed by atoms with van der Waals surface area (Å²) in [5.74, 6) is 1.17. The first-order valence-electron chi connectivity index (χ1n) is 6.37. The summed E-state index contributed by atoms with van der Waals surface area (Å²) in [6.45, 7) is 7.67. The standard InChI is InChI=1S/C11H22N4O2S2/c1-5-15(19(4,16)17)8-6-7-12-11-13-10(9(2)3)14-18-11/h9H,5-8H2,1-4H3,(H,12,13,14). The van der Waals surface area contributed by atoms with E-state index in [-0.39, 0.29) is 0 Å². The van der Waals surface area contributed by atoms with Crippen molar-refractivity contribution in [3.05, 3.63) is 5.82 Å². The number of nitrogens with zero attached hydrogens (tertiary/aromatic N) is 3. The highest BCUT2D eigenvalue weighted by molar-refractivity contribution is 7.88. The zero-order chi connectivity index (χ0) is 14.5. The molecular formula is C11H22N4O2S2. The maximum atomic E-state index is 11.4. The molecule has 110 valence electrons. The largest absolute Gasteiger partial charge is 0.360 e. The highest BCUT2D eigenvalue weighted by atomic mass is 32.2. The van der Waals surface area contributed by atoms with Gasteiger partial charge in [0, 0.05) is 37.1 Å². The van der Waals surface area contributed by atoms with E-state index in [1.165, 1.54) is 22.1 Å². The molecule has 0 amide bonds. The monoisotopic (exact) mass is 306 g/mol. The average Bonchev–Trinajstić information content (AvgIpc) is 2.76. The van der Waals surface area contributed by atoms with Gasteiger partial charge in [-0.15, -0.1) is 0 Å². The van der Waals surface area contributed by atoms with Gasteiger partial charge < -0.3 is 5.32 Å². The fourth-order valence-corrected chi connectivity index (χ4v) is 3.21. The van der Waals surface area contributed by atoms with Crippen LogP contribution >= 0.6 is 11.5 Å². The molecule has 0 fully saturated rings. The molecule has 0 aliphatic heterocycles. The van der Waals surface area contributed by atoms with Gasteiger partial charge in [0.25, 0.3) is 0 Å².